The highest BCUT2D eigenvalue weighted by Crippen LogP contribution is 2.22. The number of thioether (sulfide) groups is 1. The molecule has 1 saturated heterocycles. The van der Waals surface area contributed by atoms with E-state index in [1.807, 2.05) is 22.4 Å². The minimum absolute atomic E-state index is 0.0227. The topological polar surface area (TPSA) is 82.5 Å². The standard InChI is InChI=1S/C21H26ClN3O3S2/c22-15-4-6-18(7-5-15)30-13-20(27)24-19(11-16-12-29-14-23-16)21(28)25-9-2-1-3-17(25)8-10-26/h4-7,12,14,17,19,26H,1-3,8-11,13H2,(H,24,27). The number of aromatic nitrogens is 1. The Bertz CT molecular complexity index is 815. The van der Waals surface area contributed by atoms with Crippen LogP contribution in [0.5, 0.6) is 0 Å². The molecule has 1 fully saturated rings. The Kier molecular flexibility index (Phi) is 8.99. The molecule has 0 aliphatic carbocycles. The summed E-state index contributed by atoms with van der Waals surface area (Å²) in [6.45, 7) is 0.710. The molecule has 2 atom stereocenters. The predicted octanol–water partition coefficient (Wildman–Crippen LogP) is 3.38. The molecule has 1 aliphatic heterocycles. The third-order valence-corrected chi connectivity index (χ3v) is 6.99. The summed E-state index contributed by atoms with van der Waals surface area (Å²) < 4.78 is 0. The van der Waals surface area contributed by atoms with Gasteiger partial charge < -0.3 is 15.3 Å². The molecule has 2 aromatic rings. The fourth-order valence-corrected chi connectivity index (χ4v) is 5.01. The van der Waals surface area contributed by atoms with E-state index in [1.54, 1.807) is 17.6 Å². The number of hydrogen-bond donors (Lipinski definition) is 2. The number of amides is 2. The lowest BCUT2D eigenvalue weighted by Gasteiger charge is -2.37. The molecule has 0 radical (unpaired) electrons. The molecule has 2 amide bonds. The molecule has 3 rings (SSSR count). The van der Waals surface area contributed by atoms with Crippen molar-refractivity contribution in [3.8, 4) is 0 Å². The summed E-state index contributed by atoms with van der Waals surface area (Å²) in [7, 11) is 0. The highest BCUT2D eigenvalue weighted by Gasteiger charge is 2.32. The van der Waals surface area contributed by atoms with Gasteiger partial charge >= 0.3 is 0 Å². The Balaban J connectivity index is 1.65. The van der Waals surface area contributed by atoms with Crippen LogP contribution in [0.4, 0.5) is 0 Å². The maximum Gasteiger partial charge on any atom is 0.245 e. The van der Waals surface area contributed by atoms with E-state index in [-0.39, 0.29) is 30.2 Å². The van der Waals surface area contributed by atoms with E-state index in [1.165, 1.54) is 23.1 Å². The van der Waals surface area contributed by atoms with Crippen molar-refractivity contribution in [2.45, 2.75) is 49.1 Å². The Morgan fingerprint density at radius 3 is 2.83 bits per heavy atom. The van der Waals surface area contributed by atoms with E-state index >= 15 is 0 Å². The number of hydrogen-bond acceptors (Lipinski definition) is 6. The number of carbonyl (C=O) groups excluding carboxylic acids is 2. The maximum atomic E-state index is 13.3. The van der Waals surface area contributed by atoms with Gasteiger partial charge in [-0.2, -0.15) is 0 Å². The van der Waals surface area contributed by atoms with Gasteiger partial charge in [-0.25, -0.2) is 4.98 Å². The van der Waals surface area contributed by atoms with Crippen molar-refractivity contribution in [1.29, 1.82) is 0 Å². The molecule has 2 heterocycles. The second-order valence-corrected chi connectivity index (χ2v) is 9.44. The van der Waals surface area contributed by atoms with Gasteiger partial charge in [-0.3, -0.25) is 9.59 Å². The number of aliphatic hydroxyl groups is 1. The highest BCUT2D eigenvalue weighted by atomic mass is 35.5. The lowest BCUT2D eigenvalue weighted by Crippen LogP contribution is -2.54. The average Bonchev–Trinajstić information content (AvgIpc) is 3.26. The molecule has 2 unspecified atom stereocenters. The fraction of sp³-hybridized carbons (Fsp3) is 0.476. The van der Waals surface area contributed by atoms with E-state index < -0.39 is 6.04 Å². The van der Waals surface area contributed by atoms with Crippen LogP contribution in [0.1, 0.15) is 31.4 Å². The van der Waals surface area contributed by atoms with Crippen molar-refractivity contribution >= 4 is 46.5 Å². The lowest BCUT2D eigenvalue weighted by atomic mass is 9.97. The number of nitrogens with zero attached hydrogens (tertiary/aromatic N) is 2. The minimum atomic E-state index is -0.662. The van der Waals surface area contributed by atoms with Crippen LogP contribution in [0.15, 0.2) is 40.1 Å². The number of nitrogens with one attached hydrogen (secondary N) is 1. The molecular weight excluding hydrogens is 442 g/mol. The number of thiazole rings is 1. The van der Waals surface area contributed by atoms with Crippen LogP contribution < -0.4 is 5.32 Å². The summed E-state index contributed by atoms with van der Waals surface area (Å²) in [6, 6.07) is 6.66. The molecule has 30 heavy (non-hydrogen) atoms. The molecule has 1 aromatic carbocycles. The van der Waals surface area contributed by atoms with Crippen molar-refractivity contribution in [2.24, 2.45) is 0 Å². The molecular formula is C21H26ClN3O3S2. The van der Waals surface area contributed by atoms with Crippen LogP contribution in [-0.4, -0.2) is 57.8 Å². The summed E-state index contributed by atoms with van der Waals surface area (Å²) in [6.07, 6.45) is 3.81. The van der Waals surface area contributed by atoms with Gasteiger partial charge in [0.05, 0.1) is 17.0 Å². The van der Waals surface area contributed by atoms with Crippen molar-refractivity contribution in [3.63, 3.8) is 0 Å². The second kappa shape index (κ2) is 11.7. The molecule has 0 saturated carbocycles. The minimum Gasteiger partial charge on any atom is -0.396 e. The van der Waals surface area contributed by atoms with Crippen molar-refractivity contribution in [3.05, 3.63) is 45.9 Å². The summed E-state index contributed by atoms with van der Waals surface area (Å²) in [5, 5.41) is 14.8. The van der Waals surface area contributed by atoms with Crippen LogP contribution in [-0.2, 0) is 16.0 Å². The van der Waals surface area contributed by atoms with Gasteiger partial charge in [-0.1, -0.05) is 11.6 Å². The van der Waals surface area contributed by atoms with Crippen molar-refractivity contribution < 1.29 is 14.7 Å². The Morgan fingerprint density at radius 2 is 2.13 bits per heavy atom. The second-order valence-electron chi connectivity index (χ2n) is 7.24. The number of rotatable bonds is 9. The summed E-state index contributed by atoms with van der Waals surface area (Å²) in [4.78, 5) is 33.0. The largest absolute Gasteiger partial charge is 0.396 e. The first-order valence-electron chi connectivity index (χ1n) is 10.0. The molecule has 9 heteroatoms. The SMILES string of the molecule is O=C(CSc1ccc(Cl)cc1)NC(Cc1cscn1)C(=O)N1CCCCC1CCO. The molecule has 0 bridgehead atoms. The van der Waals surface area contributed by atoms with Gasteiger partial charge in [-0.15, -0.1) is 23.1 Å². The quantitative estimate of drug-likeness (QED) is 0.552. The van der Waals surface area contributed by atoms with Crippen molar-refractivity contribution in [1.82, 2.24) is 15.2 Å². The predicted molar refractivity (Wildman–Crippen MR) is 121 cm³/mol. The molecule has 2 N–H and O–H groups in total. The van der Waals surface area contributed by atoms with Crippen molar-refractivity contribution in [2.75, 3.05) is 18.9 Å². The van der Waals surface area contributed by atoms with E-state index in [0.717, 1.165) is 29.9 Å². The third-order valence-electron chi connectivity index (χ3n) is 5.09. The van der Waals surface area contributed by atoms with Crippen LogP contribution in [0.25, 0.3) is 0 Å². The van der Waals surface area contributed by atoms with Gasteiger partial charge in [0, 0.05) is 40.9 Å². The first-order valence-corrected chi connectivity index (χ1v) is 12.3. The van der Waals surface area contributed by atoms with E-state index in [2.05, 4.69) is 10.3 Å². The van der Waals surface area contributed by atoms with Gasteiger partial charge in [-0.05, 0) is 49.9 Å². The molecule has 1 aromatic heterocycles. The number of likely N-dealkylation sites (tertiary alicyclic amines) is 1. The van der Waals surface area contributed by atoms with Crippen LogP contribution in [0.2, 0.25) is 5.02 Å². The Hall–Kier alpha value is -1.61. The van der Waals surface area contributed by atoms with E-state index in [9.17, 15) is 14.7 Å². The highest BCUT2D eigenvalue weighted by molar-refractivity contribution is 8.00. The van der Waals surface area contributed by atoms with Gasteiger partial charge in [0.1, 0.15) is 6.04 Å². The van der Waals surface area contributed by atoms with Crippen LogP contribution in [0, 0.1) is 0 Å². The summed E-state index contributed by atoms with van der Waals surface area (Å²) >= 11 is 8.77. The Labute approximate surface area is 190 Å². The number of carbonyl (C=O) groups is 2. The molecule has 1 aliphatic rings. The van der Waals surface area contributed by atoms with Crippen LogP contribution >= 0.6 is 34.7 Å². The maximum absolute atomic E-state index is 13.3. The smallest absolute Gasteiger partial charge is 0.245 e. The number of benzene rings is 1. The molecule has 0 spiro atoms. The molecule has 6 nitrogen and oxygen atoms in total. The number of halogens is 1. The third kappa shape index (κ3) is 6.70. The Morgan fingerprint density at radius 1 is 1.33 bits per heavy atom. The summed E-state index contributed by atoms with van der Waals surface area (Å²) in [5.74, 6) is -0.0760. The lowest BCUT2D eigenvalue weighted by molar-refractivity contribution is -0.139. The summed E-state index contributed by atoms with van der Waals surface area (Å²) in [5.41, 5.74) is 2.52. The van der Waals surface area contributed by atoms with Gasteiger partial charge in [0.15, 0.2) is 0 Å². The van der Waals surface area contributed by atoms with E-state index in [4.69, 9.17) is 11.6 Å². The van der Waals surface area contributed by atoms with Crippen LogP contribution in [0.3, 0.4) is 0 Å². The zero-order chi connectivity index (χ0) is 21.3. The van der Waals surface area contributed by atoms with Gasteiger partial charge in [0.2, 0.25) is 11.8 Å². The normalized spacial score (nSPS) is 17.5. The zero-order valence-electron chi connectivity index (χ0n) is 16.6. The molecule has 162 valence electrons. The van der Waals surface area contributed by atoms with Gasteiger partial charge in [0.25, 0.3) is 0 Å². The zero-order valence-corrected chi connectivity index (χ0v) is 19.0. The average molecular weight is 468 g/mol. The monoisotopic (exact) mass is 467 g/mol. The number of piperidine rings is 1. The fourth-order valence-electron chi connectivity index (χ4n) is 3.60. The van der Waals surface area contributed by atoms with E-state index in [0.29, 0.717) is 24.4 Å². The first-order chi connectivity index (χ1) is 14.6. The number of aliphatic hydroxyl groups excluding tert-OH is 1. The first kappa shape index (κ1) is 23.1.